The smallest absolute Gasteiger partial charge is 0.343 e. The second-order valence-electron chi connectivity index (χ2n) is 4.16. The number of esters is 1. The van der Waals surface area contributed by atoms with Gasteiger partial charge in [0, 0.05) is 18.1 Å². The molecule has 0 fully saturated rings. The van der Waals surface area contributed by atoms with E-state index >= 15 is 0 Å². The van der Waals surface area contributed by atoms with Gasteiger partial charge in [0.15, 0.2) is 0 Å². The summed E-state index contributed by atoms with van der Waals surface area (Å²) in [4.78, 5) is 23.8. The van der Waals surface area contributed by atoms with Crippen molar-refractivity contribution in [2.45, 2.75) is 6.54 Å². The molecule has 90 valence electrons. The minimum Gasteiger partial charge on any atom is -0.465 e. The zero-order valence-corrected chi connectivity index (χ0v) is 9.84. The standard InChI is InChI=1S/C14H11NO3/c1-18-14(17)11-8-15-7-3-5-9-4-2-6-10(12(9)15)13(11)16/h2-6,8H,7H2,1H3. The summed E-state index contributed by atoms with van der Waals surface area (Å²) in [7, 11) is 1.28. The summed E-state index contributed by atoms with van der Waals surface area (Å²) in [6, 6.07) is 5.51. The third-order valence-electron chi connectivity index (χ3n) is 3.13. The van der Waals surface area contributed by atoms with Crippen molar-refractivity contribution in [3.05, 3.63) is 51.8 Å². The molecule has 1 aliphatic heterocycles. The van der Waals surface area contributed by atoms with Crippen molar-refractivity contribution in [1.82, 2.24) is 4.57 Å². The molecule has 0 N–H and O–H groups in total. The molecule has 0 bridgehead atoms. The van der Waals surface area contributed by atoms with Crippen LogP contribution in [0.5, 0.6) is 0 Å². The summed E-state index contributed by atoms with van der Waals surface area (Å²) >= 11 is 0. The molecule has 0 atom stereocenters. The molecule has 2 heterocycles. The Hall–Kier alpha value is -2.36. The molecule has 1 aromatic heterocycles. The maximum Gasteiger partial charge on any atom is 0.343 e. The second kappa shape index (κ2) is 3.84. The van der Waals surface area contributed by atoms with Crippen LogP contribution < -0.4 is 5.43 Å². The summed E-state index contributed by atoms with van der Waals surface area (Å²) in [6.07, 6.45) is 5.55. The molecule has 2 aromatic rings. The number of nitrogens with zero attached hydrogens (tertiary/aromatic N) is 1. The van der Waals surface area contributed by atoms with Crippen LogP contribution in [0.1, 0.15) is 15.9 Å². The Kier molecular flexibility index (Phi) is 2.30. The van der Waals surface area contributed by atoms with Gasteiger partial charge in [-0.2, -0.15) is 0 Å². The van der Waals surface area contributed by atoms with Crippen LogP contribution in [-0.2, 0) is 11.3 Å². The van der Waals surface area contributed by atoms with E-state index in [0.29, 0.717) is 11.9 Å². The molecule has 4 heteroatoms. The quantitative estimate of drug-likeness (QED) is 0.715. The number of pyridine rings is 1. The predicted octanol–water partition coefficient (Wildman–Crippen LogP) is 1.81. The molecule has 0 aliphatic carbocycles. The van der Waals surface area contributed by atoms with Crippen LogP contribution in [0.25, 0.3) is 17.0 Å². The molecular weight excluding hydrogens is 230 g/mol. The normalized spacial score (nSPS) is 12.7. The Balaban J connectivity index is 2.45. The van der Waals surface area contributed by atoms with Crippen molar-refractivity contribution in [1.29, 1.82) is 0 Å². The lowest BCUT2D eigenvalue weighted by Crippen LogP contribution is -2.21. The van der Waals surface area contributed by atoms with E-state index in [1.165, 1.54) is 7.11 Å². The van der Waals surface area contributed by atoms with Gasteiger partial charge in [0.05, 0.1) is 12.6 Å². The van der Waals surface area contributed by atoms with Crippen LogP contribution in [0.15, 0.2) is 35.3 Å². The molecular formula is C14H11NO3. The lowest BCUT2D eigenvalue weighted by atomic mass is 10.0. The number of carbonyl (C=O) groups excluding carboxylic acids is 1. The van der Waals surface area contributed by atoms with Crippen molar-refractivity contribution in [3.8, 4) is 0 Å². The summed E-state index contributed by atoms with van der Waals surface area (Å²) in [5.74, 6) is -0.592. The van der Waals surface area contributed by atoms with E-state index in [9.17, 15) is 9.59 Å². The first kappa shape index (κ1) is 10.8. The highest BCUT2D eigenvalue weighted by Gasteiger charge is 2.17. The van der Waals surface area contributed by atoms with Crippen molar-refractivity contribution in [3.63, 3.8) is 0 Å². The first-order valence-corrected chi connectivity index (χ1v) is 5.63. The number of allylic oxidation sites excluding steroid dienone is 1. The second-order valence-corrected chi connectivity index (χ2v) is 4.16. The molecule has 0 amide bonds. The summed E-state index contributed by atoms with van der Waals surface area (Å²) in [5, 5.41) is 0.555. The number of rotatable bonds is 1. The van der Waals surface area contributed by atoms with E-state index in [2.05, 4.69) is 4.74 Å². The van der Waals surface area contributed by atoms with Gasteiger partial charge in [0.25, 0.3) is 0 Å². The molecule has 1 aromatic carbocycles. The first-order valence-electron chi connectivity index (χ1n) is 5.63. The number of benzene rings is 1. The molecule has 3 rings (SSSR count). The number of ether oxygens (including phenoxy) is 1. The molecule has 1 aliphatic rings. The SMILES string of the molecule is COC(=O)c1cn2c3c(cccc3c1=O)C=CC2. The summed E-state index contributed by atoms with van der Waals surface area (Å²) in [5.41, 5.74) is 1.67. The van der Waals surface area contributed by atoms with Crippen molar-refractivity contribution < 1.29 is 9.53 Å². The van der Waals surface area contributed by atoms with Crippen molar-refractivity contribution >= 4 is 22.9 Å². The molecule has 0 saturated carbocycles. The van der Waals surface area contributed by atoms with Crippen LogP contribution >= 0.6 is 0 Å². The number of methoxy groups -OCH3 is 1. The number of para-hydroxylation sites is 1. The Labute approximate surface area is 103 Å². The Morgan fingerprint density at radius 1 is 1.39 bits per heavy atom. The lowest BCUT2D eigenvalue weighted by molar-refractivity contribution is 0.0598. The first-order chi connectivity index (χ1) is 8.72. The summed E-state index contributed by atoms with van der Waals surface area (Å²) in [6.45, 7) is 0.651. The lowest BCUT2D eigenvalue weighted by Gasteiger charge is -2.16. The fourth-order valence-corrected chi connectivity index (χ4v) is 2.32. The van der Waals surface area contributed by atoms with E-state index in [-0.39, 0.29) is 11.0 Å². The highest BCUT2D eigenvalue weighted by molar-refractivity contribution is 5.96. The molecule has 0 radical (unpaired) electrons. The average Bonchev–Trinajstić information content (AvgIpc) is 2.42. The van der Waals surface area contributed by atoms with E-state index in [1.807, 2.05) is 28.9 Å². The van der Waals surface area contributed by atoms with Gasteiger partial charge in [-0.15, -0.1) is 0 Å². The minimum atomic E-state index is -0.592. The number of carbonyl (C=O) groups is 1. The zero-order valence-electron chi connectivity index (χ0n) is 9.84. The number of hydrogen-bond donors (Lipinski definition) is 0. The van der Waals surface area contributed by atoms with E-state index in [0.717, 1.165) is 11.1 Å². The third kappa shape index (κ3) is 1.39. The minimum absolute atomic E-state index is 0.0810. The van der Waals surface area contributed by atoms with Gasteiger partial charge in [0.1, 0.15) is 5.56 Å². The van der Waals surface area contributed by atoms with Gasteiger partial charge in [-0.25, -0.2) is 4.79 Å². The summed E-state index contributed by atoms with van der Waals surface area (Å²) < 4.78 is 6.54. The number of aromatic nitrogens is 1. The Morgan fingerprint density at radius 2 is 2.22 bits per heavy atom. The van der Waals surface area contributed by atoms with Crippen molar-refractivity contribution in [2.24, 2.45) is 0 Å². The van der Waals surface area contributed by atoms with Crippen LogP contribution in [0, 0.1) is 0 Å². The number of hydrogen-bond acceptors (Lipinski definition) is 3. The third-order valence-corrected chi connectivity index (χ3v) is 3.13. The Morgan fingerprint density at radius 3 is 3.00 bits per heavy atom. The average molecular weight is 241 g/mol. The van der Waals surface area contributed by atoms with Crippen LogP contribution in [-0.4, -0.2) is 17.6 Å². The maximum atomic E-state index is 12.2. The van der Waals surface area contributed by atoms with E-state index in [4.69, 9.17) is 0 Å². The van der Waals surface area contributed by atoms with Gasteiger partial charge < -0.3 is 9.30 Å². The van der Waals surface area contributed by atoms with Gasteiger partial charge in [-0.3, -0.25) is 4.79 Å². The van der Waals surface area contributed by atoms with Gasteiger partial charge >= 0.3 is 5.97 Å². The zero-order chi connectivity index (χ0) is 12.7. The van der Waals surface area contributed by atoms with Crippen LogP contribution in [0.3, 0.4) is 0 Å². The predicted molar refractivity (Wildman–Crippen MR) is 68.6 cm³/mol. The fourth-order valence-electron chi connectivity index (χ4n) is 2.32. The molecule has 18 heavy (non-hydrogen) atoms. The van der Waals surface area contributed by atoms with E-state index < -0.39 is 5.97 Å². The highest BCUT2D eigenvalue weighted by atomic mass is 16.5. The maximum absolute atomic E-state index is 12.2. The van der Waals surface area contributed by atoms with Crippen molar-refractivity contribution in [2.75, 3.05) is 7.11 Å². The van der Waals surface area contributed by atoms with Gasteiger partial charge in [-0.05, 0) is 11.6 Å². The van der Waals surface area contributed by atoms with Gasteiger partial charge in [0.2, 0.25) is 5.43 Å². The largest absolute Gasteiger partial charge is 0.465 e. The fraction of sp³-hybridized carbons (Fsp3) is 0.143. The van der Waals surface area contributed by atoms with Gasteiger partial charge in [-0.1, -0.05) is 24.3 Å². The van der Waals surface area contributed by atoms with E-state index in [1.54, 1.807) is 12.3 Å². The Bertz CT molecular complexity index is 741. The monoisotopic (exact) mass is 241 g/mol. The molecule has 0 unspecified atom stereocenters. The molecule has 0 saturated heterocycles. The topological polar surface area (TPSA) is 48.3 Å². The highest BCUT2D eigenvalue weighted by Crippen LogP contribution is 2.22. The molecule has 0 spiro atoms. The molecule has 4 nitrogen and oxygen atoms in total. The van der Waals surface area contributed by atoms with Crippen LogP contribution in [0.2, 0.25) is 0 Å². The van der Waals surface area contributed by atoms with Crippen LogP contribution in [0.4, 0.5) is 0 Å².